The van der Waals surface area contributed by atoms with E-state index < -0.39 is 0 Å². The lowest BCUT2D eigenvalue weighted by Gasteiger charge is -2.36. The van der Waals surface area contributed by atoms with Crippen LogP contribution in [0.1, 0.15) is 43.2 Å². The fourth-order valence-electron chi connectivity index (χ4n) is 9.88. The molecule has 2 aliphatic rings. The molecule has 1 spiro atoms. The zero-order chi connectivity index (χ0) is 33.3. The highest BCUT2D eigenvalue weighted by molar-refractivity contribution is 7.25. The van der Waals surface area contributed by atoms with Gasteiger partial charge in [0, 0.05) is 58.9 Å². The van der Waals surface area contributed by atoms with E-state index in [4.69, 9.17) is 4.42 Å². The predicted octanol–water partition coefficient (Wildman–Crippen LogP) is 13.9. The van der Waals surface area contributed by atoms with Gasteiger partial charge >= 0.3 is 0 Å². The molecule has 2 nitrogen and oxygen atoms in total. The van der Waals surface area contributed by atoms with Crippen molar-refractivity contribution < 1.29 is 4.42 Å². The van der Waals surface area contributed by atoms with Crippen LogP contribution >= 0.6 is 11.3 Å². The Bertz CT molecular complexity index is 3070. The summed E-state index contributed by atoms with van der Waals surface area (Å²) in [5, 5.41) is 7.60. The summed E-state index contributed by atoms with van der Waals surface area (Å²) in [7, 11) is 0. The number of fused-ring (bicyclic) bond motifs is 14. The third-order valence-electron chi connectivity index (χ3n) is 12.2. The summed E-state index contributed by atoms with van der Waals surface area (Å²) in [5.41, 5.74) is 14.0. The van der Waals surface area contributed by atoms with E-state index >= 15 is 0 Å². The van der Waals surface area contributed by atoms with Crippen molar-refractivity contribution in [2.75, 3.05) is 0 Å². The number of nitrogens with zero attached hydrogens (tertiary/aromatic N) is 1. The topological polar surface area (TPSA) is 18.1 Å². The maximum Gasteiger partial charge on any atom is 0.137 e. The summed E-state index contributed by atoms with van der Waals surface area (Å²) < 4.78 is 11.5. The van der Waals surface area contributed by atoms with Crippen LogP contribution in [0.25, 0.3) is 91.9 Å². The molecule has 0 bridgehead atoms. The first kappa shape index (κ1) is 28.1. The van der Waals surface area contributed by atoms with E-state index in [1.165, 1.54) is 96.3 Å². The first-order chi connectivity index (χ1) is 25.2. The molecule has 0 aliphatic heterocycles. The van der Waals surface area contributed by atoms with Gasteiger partial charge in [-0.3, -0.25) is 0 Å². The average molecular weight is 672 g/mol. The van der Waals surface area contributed by atoms with Crippen molar-refractivity contribution >= 4 is 75.3 Å². The zero-order valence-corrected chi connectivity index (χ0v) is 28.9. The fraction of sp³-hybridized carbons (Fsp3) is 0.125. The number of para-hydroxylation sites is 2. The molecular formula is C48H33NOS. The standard InChI is InChI=1S/C48H33NOS/c1-8-22-48(23-9-1)40-13-5-2-10-32(40)37-28-47-39(27-41(37)48)38-24-29(17-21-46(38)51-47)30-16-19-34-33-11-3-6-14-42(33)49(43(34)25-30)31-18-20-36-35-12-4-7-15-44(35)50-45(36)26-31/h2-7,10-21,24-28H,1,8-9,22-23H2. The number of benzene rings is 7. The van der Waals surface area contributed by atoms with E-state index in [2.05, 4.69) is 138 Å². The van der Waals surface area contributed by atoms with E-state index in [1.807, 2.05) is 17.4 Å². The van der Waals surface area contributed by atoms with E-state index in [1.54, 1.807) is 11.1 Å². The maximum atomic E-state index is 6.35. The molecule has 0 unspecified atom stereocenters. The third kappa shape index (κ3) is 3.82. The number of furan rings is 1. The number of hydrogen-bond acceptors (Lipinski definition) is 2. The van der Waals surface area contributed by atoms with Crippen molar-refractivity contribution in [3.8, 4) is 27.9 Å². The minimum absolute atomic E-state index is 0.161. The van der Waals surface area contributed by atoms with Crippen molar-refractivity contribution in [1.29, 1.82) is 0 Å². The molecule has 3 heteroatoms. The van der Waals surface area contributed by atoms with E-state index in [0.29, 0.717) is 0 Å². The Kier molecular flexibility index (Phi) is 5.63. The van der Waals surface area contributed by atoms with Crippen LogP contribution in [-0.4, -0.2) is 4.57 Å². The Morgan fingerprint density at radius 1 is 0.471 bits per heavy atom. The molecule has 12 rings (SSSR count). The van der Waals surface area contributed by atoms with Crippen molar-refractivity contribution in [2.24, 2.45) is 0 Å². The highest BCUT2D eigenvalue weighted by Crippen LogP contribution is 2.57. The van der Waals surface area contributed by atoms with E-state index in [0.717, 1.165) is 27.6 Å². The van der Waals surface area contributed by atoms with Crippen LogP contribution in [0.15, 0.2) is 144 Å². The molecule has 2 aliphatic carbocycles. The van der Waals surface area contributed by atoms with Crippen LogP contribution in [0.3, 0.4) is 0 Å². The molecule has 1 fully saturated rings. The van der Waals surface area contributed by atoms with E-state index in [9.17, 15) is 0 Å². The molecule has 0 N–H and O–H groups in total. The lowest BCUT2D eigenvalue weighted by Crippen LogP contribution is -2.27. The van der Waals surface area contributed by atoms with Gasteiger partial charge in [-0.15, -0.1) is 11.3 Å². The van der Waals surface area contributed by atoms with Crippen LogP contribution in [-0.2, 0) is 5.41 Å². The average Bonchev–Trinajstić information content (AvgIpc) is 3.91. The van der Waals surface area contributed by atoms with E-state index in [-0.39, 0.29) is 5.41 Å². The lowest BCUT2D eigenvalue weighted by atomic mass is 9.68. The van der Waals surface area contributed by atoms with Gasteiger partial charge in [-0.2, -0.15) is 0 Å². The van der Waals surface area contributed by atoms with Gasteiger partial charge in [0.15, 0.2) is 0 Å². The predicted molar refractivity (Wildman–Crippen MR) is 216 cm³/mol. The molecule has 10 aromatic rings. The second kappa shape index (κ2) is 10.2. The molecule has 1 saturated carbocycles. The molecule has 7 aromatic carbocycles. The Balaban J connectivity index is 1.04. The summed E-state index contributed by atoms with van der Waals surface area (Å²) in [6.07, 6.45) is 6.49. The van der Waals surface area contributed by atoms with Gasteiger partial charge < -0.3 is 8.98 Å². The zero-order valence-electron chi connectivity index (χ0n) is 28.1. The fourth-order valence-corrected chi connectivity index (χ4v) is 11.0. The first-order valence-electron chi connectivity index (χ1n) is 18.3. The number of hydrogen-bond donors (Lipinski definition) is 0. The number of thiophene rings is 1. The Morgan fingerprint density at radius 2 is 1.20 bits per heavy atom. The summed E-state index contributed by atoms with van der Waals surface area (Å²) in [6.45, 7) is 0. The van der Waals surface area contributed by atoms with Gasteiger partial charge in [-0.25, -0.2) is 0 Å². The minimum atomic E-state index is 0.161. The van der Waals surface area contributed by atoms with Crippen LogP contribution in [0.4, 0.5) is 0 Å². The molecule has 0 amide bonds. The second-order valence-electron chi connectivity index (χ2n) is 14.8. The monoisotopic (exact) mass is 671 g/mol. The molecule has 242 valence electrons. The molecule has 0 radical (unpaired) electrons. The summed E-state index contributed by atoms with van der Waals surface area (Å²) in [4.78, 5) is 0. The van der Waals surface area contributed by atoms with Crippen LogP contribution < -0.4 is 0 Å². The maximum absolute atomic E-state index is 6.35. The molecule has 3 heterocycles. The van der Waals surface area contributed by atoms with Crippen molar-refractivity contribution in [3.05, 3.63) is 151 Å². The van der Waals surface area contributed by atoms with Gasteiger partial charge in [0.2, 0.25) is 0 Å². The minimum Gasteiger partial charge on any atom is -0.456 e. The van der Waals surface area contributed by atoms with Gasteiger partial charge in [0.25, 0.3) is 0 Å². The quantitative estimate of drug-likeness (QED) is 0.179. The molecule has 0 saturated heterocycles. The van der Waals surface area contributed by atoms with Gasteiger partial charge in [-0.05, 0) is 101 Å². The van der Waals surface area contributed by atoms with Crippen LogP contribution in [0, 0.1) is 0 Å². The Labute approximate surface area is 299 Å². The number of rotatable bonds is 2. The highest BCUT2D eigenvalue weighted by Gasteiger charge is 2.43. The second-order valence-corrected chi connectivity index (χ2v) is 15.8. The summed E-state index contributed by atoms with van der Waals surface area (Å²) >= 11 is 1.94. The summed E-state index contributed by atoms with van der Waals surface area (Å²) in [5.74, 6) is 0. The largest absolute Gasteiger partial charge is 0.456 e. The SMILES string of the molecule is c1ccc2c(c1)-c1cc3sc4ccc(-c5ccc6c7ccccc7n(-c7ccc8c(c7)oc7ccccc78)c6c5)cc4c3cc1C21CCCCC1. The molecule has 3 aromatic heterocycles. The number of aromatic nitrogens is 1. The van der Waals surface area contributed by atoms with Gasteiger partial charge in [-0.1, -0.05) is 98.1 Å². The van der Waals surface area contributed by atoms with Crippen molar-refractivity contribution in [1.82, 2.24) is 4.57 Å². The van der Waals surface area contributed by atoms with Crippen molar-refractivity contribution in [3.63, 3.8) is 0 Å². The third-order valence-corrected chi connectivity index (χ3v) is 13.3. The Morgan fingerprint density at radius 3 is 2.14 bits per heavy atom. The normalized spacial score (nSPS) is 15.2. The van der Waals surface area contributed by atoms with Crippen LogP contribution in [0.5, 0.6) is 0 Å². The molecule has 51 heavy (non-hydrogen) atoms. The van der Waals surface area contributed by atoms with Gasteiger partial charge in [0.05, 0.1) is 11.0 Å². The van der Waals surface area contributed by atoms with Crippen molar-refractivity contribution in [2.45, 2.75) is 37.5 Å². The van der Waals surface area contributed by atoms with Crippen LogP contribution in [0.2, 0.25) is 0 Å². The smallest absolute Gasteiger partial charge is 0.137 e. The van der Waals surface area contributed by atoms with Gasteiger partial charge in [0.1, 0.15) is 11.2 Å². The summed E-state index contributed by atoms with van der Waals surface area (Å²) in [6, 6.07) is 52.2. The lowest BCUT2D eigenvalue weighted by molar-refractivity contribution is 0.353. The highest BCUT2D eigenvalue weighted by atomic mass is 32.1. The molecule has 0 atom stereocenters. The Hall–Kier alpha value is -5.64. The first-order valence-corrected chi connectivity index (χ1v) is 19.1. The molecular weight excluding hydrogens is 639 g/mol.